The van der Waals surface area contributed by atoms with Crippen LogP contribution in [0.25, 0.3) is 0 Å². The number of hydrogen-bond acceptors (Lipinski definition) is 3. The van der Waals surface area contributed by atoms with Gasteiger partial charge in [0, 0.05) is 4.90 Å². The van der Waals surface area contributed by atoms with Crippen molar-refractivity contribution in [3.8, 4) is 0 Å². The number of carbonyl (C=O) groups excluding carboxylic acids is 1. The standard InChI is InChI=1S/C14H20FNO2S/c1-3-14(4-2,10-17)16-13(18)9-19-12-7-5-11(15)6-8-12/h5-8,17H,3-4,9-10H2,1-2H3,(H,16,18). The largest absolute Gasteiger partial charge is 0.394 e. The Kier molecular flexibility index (Phi) is 6.31. The lowest BCUT2D eigenvalue weighted by molar-refractivity contribution is -0.121. The fourth-order valence-electron chi connectivity index (χ4n) is 1.70. The van der Waals surface area contributed by atoms with Crippen molar-refractivity contribution in [1.82, 2.24) is 5.32 Å². The number of aliphatic hydroxyl groups excluding tert-OH is 1. The first kappa shape index (κ1) is 16.0. The molecule has 3 nitrogen and oxygen atoms in total. The molecule has 1 rings (SSSR count). The molecule has 0 bridgehead atoms. The molecule has 1 aromatic rings. The average molecular weight is 285 g/mol. The van der Waals surface area contributed by atoms with Crippen LogP contribution < -0.4 is 5.32 Å². The van der Waals surface area contributed by atoms with Crippen LogP contribution in [0.1, 0.15) is 26.7 Å². The molecule has 0 fully saturated rings. The van der Waals surface area contributed by atoms with E-state index in [0.717, 1.165) is 4.90 Å². The molecule has 5 heteroatoms. The number of aliphatic hydroxyl groups is 1. The second-order valence-electron chi connectivity index (χ2n) is 4.44. The SMILES string of the molecule is CCC(CC)(CO)NC(=O)CSc1ccc(F)cc1. The minimum atomic E-state index is -0.527. The van der Waals surface area contributed by atoms with E-state index in [4.69, 9.17) is 0 Å². The minimum absolute atomic E-state index is 0.0625. The zero-order valence-corrected chi connectivity index (χ0v) is 12.1. The van der Waals surface area contributed by atoms with Gasteiger partial charge in [-0.25, -0.2) is 4.39 Å². The van der Waals surface area contributed by atoms with Gasteiger partial charge in [-0.3, -0.25) is 4.79 Å². The molecule has 0 aliphatic heterocycles. The first-order valence-corrected chi connectivity index (χ1v) is 7.34. The van der Waals surface area contributed by atoms with E-state index in [2.05, 4.69) is 5.32 Å². The molecule has 1 amide bonds. The predicted octanol–water partition coefficient (Wildman–Crippen LogP) is 2.59. The summed E-state index contributed by atoms with van der Waals surface area (Å²) in [5.41, 5.74) is -0.527. The van der Waals surface area contributed by atoms with Gasteiger partial charge in [0.1, 0.15) is 5.82 Å². The van der Waals surface area contributed by atoms with Crippen LogP contribution in [0.2, 0.25) is 0 Å². The zero-order valence-electron chi connectivity index (χ0n) is 11.3. The topological polar surface area (TPSA) is 49.3 Å². The molecule has 0 saturated heterocycles. The van der Waals surface area contributed by atoms with Crippen LogP contribution in [-0.4, -0.2) is 28.9 Å². The molecule has 0 unspecified atom stereocenters. The first-order chi connectivity index (χ1) is 9.05. The summed E-state index contributed by atoms with van der Waals surface area (Å²) in [5, 5.41) is 12.3. The predicted molar refractivity (Wildman–Crippen MR) is 75.7 cm³/mol. The normalized spacial score (nSPS) is 11.4. The summed E-state index contributed by atoms with van der Waals surface area (Å²) in [7, 11) is 0. The lowest BCUT2D eigenvalue weighted by Crippen LogP contribution is -2.51. The monoisotopic (exact) mass is 285 g/mol. The Balaban J connectivity index is 2.49. The number of nitrogens with one attached hydrogen (secondary N) is 1. The molecule has 19 heavy (non-hydrogen) atoms. The maximum Gasteiger partial charge on any atom is 0.230 e. The van der Waals surface area contributed by atoms with Crippen molar-refractivity contribution in [2.45, 2.75) is 37.1 Å². The van der Waals surface area contributed by atoms with Crippen molar-refractivity contribution >= 4 is 17.7 Å². The zero-order chi connectivity index (χ0) is 14.3. The number of halogens is 1. The Morgan fingerprint density at radius 3 is 2.37 bits per heavy atom. The highest BCUT2D eigenvalue weighted by Gasteiger charge is 2.26. The van der Waals surface area contributed by atoms with Gasteiger partial charge in [-0.05, 0) is 37.1 Å². The third kappa shape index (κ3) is 4.84. The van der Waals surface area contributed by atoms with Crippen molar-refractivity contribution in [1.29, 1.82) is 0 Å². The quantitative estimate of drug-likeness (QED) is 0.757. The van der Waals surface area contributed by atoms with E-state index in [0.29, 0.717) is 12.8 Å². The maximum atomic E-state index is 12.7. The van der Waals surface area contributed by atoms with E-state index in [-0.39, 0.29) is 24.1 Å². The van der Waals surface area contributed by atoms with E-state index < -0.39 is 5.54 Å². The van der Waals surface area contributed by atoms with Gasteiger partial charge in [0.2, 0.25) is 5.91 Å². The van der Waals surface area contributed by atoms with Crippen molar-refractivity contribution in [3.05, 3.63) is 30.1 Å². The molecular weight excluding hydrogens is 265 g/mol. The molecule has 0 aliphatic carbocycles. The van der Waals surface area contributed by atoms with Gasteiger partial charge in [-0.1, -0.05) is 13.8 Å². The molecule has 0 spiro atoms. The van der Waals surface area contributed by atoms with Gasteiger partial charge in [0.05, 0.1) is 17.9 Å². The number of hydrogen-bond donors (Lipinski definition) is 2. The maximum absolute atomic E-state index is 12.7. The molecule has 2 N–H and O–H groups in total. The number of rotatable bonds is 7. The van der Waals surface area contributed by atoms with E-state index in [1.165, 1.54) is 23.9 Å². The summed E-state index contributed by atoms with van der Waals surface area (Å²) >= 11 is 1.35. The van der Waals surface area contributed by atoms with Gasteiger partial charge >= 0.3 is 0 Å². The summed E-state index contributed by atoms with van der Waals surface area (Å²) in [6.45, 7) is 3.81. The van der Waals surface area contributed by atoms with Crippen molar-refractivity contribution in [2.24, 2.45) is 0 Å². The van der Waals surface area contributed by atoms with Crippen LogP contribution >= 0.6 is 11.8 Å². The molecular formula is C14H20FNO2S. The Labute approximate surface area is 117 Å². The van der Waals surface area contributed by atoms with Crippen LogP contribution in [0, 0.1) is 5.82 Å². The van der Waals surface area contributed by atoms with Crippen LogP contribution in [-0.2, 0) is 4.79 Å². The third-order valence-corrected chi connectivity index (χ3v) is 4.26. The fraction of sp³-hybridized carbons (Fsp3) is 0.500. The van der Waals surface area contributed by atoms with Gasteiger partial charge in [-0.15, -0.1) is 11.8 Å². The lowest BCUT2D eigenvalue weighted by Gasteiger charge is -2.30. The molecule has 0 aromatic heterocycles. The highest BCUT2D eigenvalue weighted by atomic mass is 32.2. The molecule has 0 saturated carbocycles. The smallest absolute Gasteiger partial charge is 0.230 e. The average Bonchev–Trinajstić information content (AvgIpc) is 2.44. The Morgan fingerprint density at radius 1 is 1.32 bits per heavy atom. The summed E-state index contributed by atoms with van der Waals surface area (Å²) in [5.74, 6) is -0.148. The van der Waals surface area contributed by atoms with Crippen LogP contribution in [0.15, 0.2) is 29.2 Å². The molecule has 0 radical (unpaired) electrons. The molecule has 0 heterocycles. The van der Waals surface area contributed by atoms with Gasteiger partial charge < -0.3 is 10.4 Å². The van der Waals surface area contributed by atoms with Crippen LogP contribution in [0.5, 0.6) is 0 Å². The van der Waals surface area contributed by atoms with Crippen LogP contribution in [0.4, 0.5) is 4.39 Å². The van der Waals surface area contributed by atoms with Gasteiger partial charge in [0.25, 0.3) is 0 Å². The summed E-state index contributed by atoms with van der Waals surface area (Å²) in [6.07, 6.45) is 1.37. The summed E-state index contributed by atoms with van der Waals surface area (Å²) in [6, 6.07) is 6.03. The van der Waals surface area contributed by atoms with E-state index in [1.54, 1.807) is 12.1 Å². The molecule has 1 aromatic carbocycles. The highest BCUT2D eigenvalue weighted by molar-refractivity contribution is 8.00. The molecule has 106 valence electrons. The van der Waals surface area contributed by atoms with Crippen molar-refractivity contribution in [3.63, 3.8) is 0 Å². The van der Waals surface area contributed by atoms with E-state index in [9.17, 15) is 14.3 Å². The second-order valence-corrected chi connectivity index (χ2v) is 5.49. The summed E-state index contributed by atoms with van der Waals surface area (Å²) < 4.78 is 12.7. The number of carbonyl (C=O) groups is 1. The van der Waals surface area contributed by atoms with Crippen molar-refractivity contribution in [2.75, 3.05) is 12.4 Å². The van der Waals surface area contributed by atoms with Crippen LogP contribution in [0.3, 0.4) is 0 Å². The molecule has 0 aliphatic rings. The number of amides is 1. The lowest BCUT2D eigenvalue weighted by atomic mass is 9.94. The van der Waals surface area contributed by atoms with Gasteiger partial charge in [0.15, 0.2) is 0 Å². The van der Waals surface area contributed by atoms with Gasteiger partial charge in [-0.2, -0.15) is 0 Å². The second kappa shape index (κ2) is 7.50. The first-order valence-electron chi connectivity index (χ1n) is 6.35. The van der Waals surface area contributed by atoms with Crippen molar-refractivity contribution < 1.29 is 14.3 Å². The molecule has 0 atom stereocenters. The fourth-order valence-corrected chi connectivity index (χ4v) is 2.40. The highest BCUT2D eigenvalue weighted by Crippen LogP contribution is 2.19. The van der Waals surface area contributed by atoms with E-state index in [1.807, 2.05) is 13.8 Å². The third-order valence-electron chi connectivity index (χ3n) is 3.24. The minimum Gasteiger partial charge on any atom is -0.394 e. The number of benzene rings is 1. The Morgan fingerprint density at radius 2 is 1.89 bits per heavy atom. The Bertz CT molecular complexity index is 396. The van der Waals surface area contributed by atoms with E-state index >= 15 is 0 Å². The Hall–Kier alpha value is -1.07. The summed E-state index contributed by atoms with van der Waals surface area (Å²) in [4.78, 5) is 12.7. The number of thioether (sulfide) groups is 1.